The molecule has 0 saturated carbocycles. The molecule has 0 aliphatic carbocycles. The van der Waals surface area contributed by atoms with Crippen LogP contribution in [-0.4, -0.2) is 59.8 Å². The quantitative estimate of drug-likeness (QED) is 0.390. The van der Waals surface area contributed by atoms with Crippen LogP contribution in [0, 0.1) is 0 Å². The predicted octanol–water partition coefficient (Wildman–Crippen LogP) is -7.37. The van der Waals surface area contributed by atoms with Crippen LogP contribution < -0.4 is 24.8 Å². The molecule has 0 spiro atoms. The van der Waals surface area contributed by atoms with Crippen LogP contribution in [0.4, 0.5) is 0 Å². The van der Waals surface area contributed by atoms with Crippen molar-refractivity contribution in [2.75, 3.05) is 0 Å². The van der Waals surface area contributed by atoms with E-state index in [9.17, 15) is 0 Å². The minimum atomic E-state index is 0. The molecule has 0 aromatic carbocycles. The summed E-state index contributed by atoms with van der Waals surface area (Å²) >= 11 is 0. The molecule has 0 aromatic heterocycles. The number of hydrogen-bond acceptors (Lipinski definition) is 1. The summed E-state index contributed by atoms with van der Waals surface area (Å²) in [6.45, 7) is 0. The van der Waals surface area contributed by atoms with Crippen LogP contribution in [0.2, 0.25) is 0 Å². The zero-order valence-electron chi connectivity index (χ0n) is 2.41. The van der Waals surface area contributed by atoms with E-state index < -0.39 is 0 Å². The first-order chi connectivity index (χ1) is 0. The first kappa shape index (κ1) is 60.8. The number of rotatable bonds is 0. The Morgan fingerprint density at radius 1 is 0.800 bits per heavy atom. The summed E-state index contributed by atoms with van der Waals surface area (Å²) in [7, 11) is 0. The second kappa shape index (κ2) is 36.4. The molecule has 0 amide bonds. The maximum Gasteiger partial charge on any atom is 2.00 e. The van der Waals surface area contributed by atoms with E-state index in [2.05, 4.69) is 0 Å². The van der Waals surface area contributed by atoms with Gasteiger partial charge in [-0.3, -0.25) is 0 Å². The van der Waals surface area contributed by atoms with Crippen molar-refractivity contribution in [1.82, 2.24) is 0 Å². The van der Waals surface area contributed by atoms with E-state index in [4.69, 9.17) is 0 Å². The summed E-state index contributed by atoms with van der Waals surface area (Å²) in [6.07, 6.45) is 0. The molecule has 0 atom stereocenters. The van der Waals surface area contributed by atoms with E-state index in [1.165, 1.54) is 0 Å². The van der Waals surface area contributed by atoms with E-state index >= 15 is 0 Å². The molecular weight excluding hydrogens is 240 g/mol. The van der Waals surface area contributed by atoms with Crippen molar-refractivity contribution in [3.8, 4) is 0 Å². The maximum atomic E-state index is 0. The first-order valence-electron chi connectivity index (χ1n) is 0. The van der Waals surface area contributed by atoms with Gasteiger partial charge in [0.25, 0.3) is 0 Å². The van der Waals surface area contributed by atoms with Crippen LogP contribution in [-0.2, 0) is 0 Å². The van der Waals surface area contributed by atoms with Crippen molar-refractivity contribution < 1.29 is 35.8 Å². The molecular formula is H3BaCl2O2-. The van der Waals surface area contributed by atoms with Crippen molar-refractivity contribution in [1.29, 1.82) is 0 Å². The number of hydrogen-bond donors (Lipinski definition) is 0. The summed E-state index contributed by atoms with van der Waals surface area (Å²) in [5, 5.41) is 0. The second-order valence-corrected chi connectivity index (χ2v) is 0. The molecule has 0 aromatic rings. The van der Waals surface area contributed by atoms with Crippen LogP contribution in [0.5, 0.6) is 0 Å². The molecule has 3 N–H and O–H groups in total. The van der Waals surface area contributed by atoms with Crippen molar-refractivity contribution in [3.63, 3.8) is 0 Å². The van der Waals surface area contributed by atoms with Gasteiger partial charge in [-0.1, -0.05) is 0 Å². The van der Waals surface area contributed by atoms with Gasteiger partial charge in [-0.2, -0.15) is 0 Å². The smallest absolute Gasteiger partial charge is 1.00 e. The molecule has 0 rings (SSSR count). The molecule has 2 nitrogen and oxygen atoms in total. The molecule has 0 aliphatic heterocycles. The minimum absolute atomic E-state index is 0. The minimum Gasteiger partial charge on any atom is -1.00 e. The van der Waals surface area contributed by atoms with Gasteiger partial charge in [0.15, 0.2) is 0 Å². The average molecular weight is 243 g/mol. The van der Waals surface area contributed by atoms with E-state index in [1.54, 1.807) is 0 Å². The van der Waals surface area contributed by atoms with Gasteiger partial charge in [0.1, 0.15) is 0 Å². The fraction of sp³-hybridized carbons (Fsp3) is 0. The Hall–Kier alpha value is 2.07. The molecule has 5 heavy (non-hydrogen) atoms. The van der Waals surface area contributed by atoms with Crippen molar-refractivity contribution in [2.24, 2.45) is 0 Å². The molecule has 0 fully saturated rings. The van der Waals surface area contributed by atoms with Gasteiger partial charge < -0.3 is 35.8 Å². The average Bonchev–Trinajstić information content (AvgIpc) is 0. The summed E-state index contributed by atoms with van der Waals surface area (Å²) < 4.78 is 0. The molecule has 5 heteroatoms. The van der Waals surface area contributed by atoms with Crippen LogP contribution in [0.15, 0.2) is 0 Å². The Morgan fingerprint density at radius 3 is 0.800 bits per heavy atom. The summed E-state index contributed by atoms with van der Waals surface area (Å²) in [5.74, 6) is 0. The molecule has 0 aliphatic rings. The number of halogens is 2. The van der Waals surface area contributed by atoms with Gasteiger partial charge in [-0.05, 0) is 0 Å². The molecule has 0 saturated heterocycles. The monoisotopic (exact) mass is 243 g/mol. The van der Waals surface area contributed by atoms with Gasteiger partial charge in [-0.15, -0.1) is 0 Å². The van der Waals surface area contributed by atoms with E-state index in [1.807, 2.05) is 0 Å². The maximum absolute atomic E-state index is 0. The van der Waals surface area contributed by atoms with Gasteiger partial charge in [0, 0.05) is 0 Å². The Labute approximate surface area is 83.2 Å². The van der Waals surface area contributed by atoms with Gasteiger partial charge >= 0.3 is 48.9 Å². The van der Waals surface area contributed by atoms with E-state index in [0.29, 0.717) is 0 Å². The summed E-state index contributed by atoms with van der Waals surface area (Å²) in [4.78, 5) is 0. The Bertz CT molecular complexity index is 7.61. The molecule has 0 bridgehead atoms. The first-order valence-corrected chi connectivity index (χ1v) is 0. The van der Waals surface area contributed by atoms with Gasteiger partial charge in [-0.25, -0.2) is 0 Å². The van der Waals surface area contributed by atoms with Crippen LogP contribution in [0.25, 0.3) is 0 Å². The van der Waals surface area contributed by atoms with Gasteiger partial charge in [0.2, 0.25) is 0 Å². The fourth-order valence-electron chi connectivity index (χ4n) is 0. The third-order valence-corrected chi connectivity index (χ3v) is 0. The zero-order chi connectivity index (χ0) is 0. The normalized spacial score (nSPS) is 0. The Morgan fingerprint density at radius 2 is 0.800 bits per heavy atom. The molecule has 32 valence electrons. The standard InChI is InChI=1S/Ba.2ClH.2H2O/h;2*1H;2*1H2/q+2;;;;/p-3. The van der Waals surface area contributed by atoms with Crippen molar-refractivity contribution in [2.45, 2.75) is 0 Å². The Kier molecular flexibility index (Phi) is 442. The molecule has 0 radical (unpaired) electrons. The van der Waals surface area contributed by atoms with E-state index in [0.717, 1.165) is 0 Å². The third-order valence-electron chi connectivity index (χ3n) is 0. The topological polar surface area (TPSA) is 61.5 Å². The van der Waals surface area contributed by atoms with Crippen molar-refractivity contribution >= 4 is 48.9 Å². The Balaban J connectivity index is 0. The SMILES string of the molecule is O.[Ba+2].[Cl-].[Cl-].[OH-]. The van der Waals surface area contributed by atoms with Crippen LogP contribution in [0.1, 0.15) is 0 Å². The fourth-order valence-corrected chi connectivity index (χ4v) is 0. The zero-order valence-corrected chi connectivity index (χ0v) is 8.36. The summed E-state index contributed by atoms with van der Waals surface area (Å²) in [5.41, 5.74) is 0. The van der Waals surface area contributed by atoms with E-state index in [-0.39, 0.29) is 84.6 Å². The summed E-state index contributed by atoms with van der Waals surface area (Å²) in [6, 6.07) is 0. The largest absolute Gasteiger partial charge is 2.00 e. The van der Waals surface area contributed by atoms with Crippen LogP contribution >= 0.6 is 0 Å². The molecule has 0 unspecified atom stereocenters. The second-order valence-electron chi connectivity index (χ2n) is 0. The molecule has 0 heterocycles. The predicted molar refractivity (Wildman–Crippen MR) is 11.3 cm³/mol. The van der Waals surface area contributed by atoms with Crippen molar-refractivity contribution in [3.05, 3.63) is 0 Å². The third kappa shape index (κ3) is 23.5. The van der Waals surface area contributed by atoms with Crippen LogP contribution in [0.3, 0.4) is 0 Å². The van der Waals surface area contributed by atoms with Gasteiger partial charge in [0.05, 0.1) is 0 Å².